The maximum atomic E-state index is 12.8. The second-order valence-corrected chi connectivity index (χ2v) is 43.6. The highest BCUT2D eigenvalue weighted by atomic mass is 28.4. The molecule has 0 spiro atoms. The van der Waals surface area contributed by atoms with Crippen LogP contribution in [0.1, 0.15) is 132 Å². The molecule has 0 fully saturated rings. The molecule has 2 rings (SSSR count). The molecular weight excluding hydrogens is 961 g/mol. The van der Waals surface area contributed by atoms with Crippen LogP contribution in [-0.2, 0) is 27.3 Å². The summed E-state index contributed by atoms with van der Waals surface area (Å²) in [5.74, 6) is -0.373. The van der Waals surface area contributed by atoms with E-state index in [4.69, 9.17) is 17.7 Å². The number of nitrogens with zero attached hydrogens (tertiary/aromatic N) is 2. The molecule has 0 radical (unpaired) electrons. The van der Waals surface area contributed by atoms with Crippen molar-refractivity contribution in [3.8, 4) is 0 Å². The summed E-state index contributed by atoms with van der Waals surface area (Å²) in [6, 6.07) is 11.7. The predicted octanol–water partition coefficient (Wildman–Crippen LogP) is 11.9. The summed E-state index contributed by atoms with van der Waals surface area (Å²) in [5, 5.41) is 46.8. The molecule has 2 amide bonds. The van der Waals surface area contributed by atoms with Gasteiger partial charge in [-0.1, -0.05) is 83.1 Å². The predicted molar refractivity (Wildman–Crippen MR) is 291 cm³/mol. The van der Waals surface area contributed by atoms with Crippen LogP contribution in [-0.4, -0.2) is 104 Å². The normalized spacial score (nSPS) is 14.9. The number of rotatable bonds is 24. The van der Waals surface area contributed by atoms with Crippen LogP contribution in [0.2, 0.25) is 72.5 Å². The molecule has 4 atom stereocenters. The van der Waals surface area contributed by atoms with E-state index in [9.17, 15) is 40.0 Å². The van der Waals surface area contributed by atoms with Crippen LogP contribution in [0, 0.1) is 20.2 Å². The first kappa shape index (κ1) is 64.8. The standard InChI is InChI=1S/2C25H46N2O6Si2/c2*1-24(2,3)34(7,8)32-18-21(26-22(29)12-11-17-28)23(33-35(9,10)25(4,5)6)19-13-15-20(16-14-19)27(30)31/h2*13-16,21,23,28H,11-12,17-18H2,1-10H3,(H,26,29)/t2*21-,23-/m00/s1. The van der Waals surface area contributed by atoms with E-state index in [1.807, 2.05) is 0 Å². The van der Waals surface area contributed by atoms with E-state index in [-0.39, 0.29) is 82.6 Å². The third-order valence-electron chi connectivity index (χ3n) is 14.7. The maximum Gasteiger partial charge on any atom is 0.269 e. The quantitative estimate of drug-likeness (QED) is 0.0438. The van der Waals surface area contributed by atoms with E-state index >= 15 is 0 Å². The molecule has 2 aromatic rings. The van der Waals surface area contributed by atoms with Crippen molar-refractivity contribution in [3.63, 3.8) is 0 Å². The summed E-state index contributed by atoms with van der Waals surface area (Å²) >= 11 is 0. The van der Waals surface area contributed by atoms with Crippen molar-refractivity contribution in [2.45, 2.75) is 206 Å². The molecule has 16 nitrogen and oxygen atoms in total. The van der Waals surface area contributed by atoms with Gasteiger partial charge in [0, 0.05) is 50.3 Å². The number of carbonyl (C=O) groups is 2. The largest absolute Gasteiger partial charge is 0.415 e. The molecule has 0 aliphatic heterocycles. The molecule has 4 N–H and O–H groups in total. The molecule has 20 heteroatoms. The van der Waals surface area contributed by atoms with Gasteiger partial charge < -0.3 is 38.6 Å². The number of aliphatic hydroxyl groups is 2. The molecule has 70 heavy (non-hydrogen) atoms. The van der Waals surface area contributed by atoms with E-state index in [2.05, 4.69) is 146 Å². The third-order valence-corrected chi connectivity index (χ3v) is 32.6. The van der Waals surface area contributed by atoms with E-state index in [1.54, 1.807) is 24.3 Å². The van der Waals surface area contributed by atoms with Crippen LogP contribution < -0.4 is 10.6 Å². The molecule has 0 aliphatic carbocycles. The van der Waals surface area contributed by atoms with Crippen LogP contribution in [0.15, 0.2) is 48.5 Å². The zero-order valence-corrected chi connectivity index (χ0v) is 50.5. The summed E-state index contributed by atoms with van der Waals surface area (Å²) in [7, 11) is -8.88. The number of aliphatic hydroxyl groups excluding tert-OH is 2. The van der Waals surface area contributed by atoms with Gasteiger partial charge in [-0.05, 0) is 121 Å². The summed E-state index contributed by atoms with van der Waals surface area (Å²) < 4.78 is 26.8. The second kappa shape index (κ2) is 26.2. The summed E-state index contributed by atoms with van der Waals surface area (Å²) in [6.07, 6.45) is 0.0410. The van der Waals surface area contributed by atoms with Crippen LogP contribution in [0.5, 0.6) is 0 Å². The first-order valence-electron chi connectivity index (χ1n) is 24.6. The van der Waals surface area contributed by atoms with E-state index < -0.39 is 67.4 Å². The highest BCUT2D eigenvalue weighted by Crippen LogP contribution is 2.44. The molecule has 0 heterocycles. The van der Waals surface area contributed by atoms with Crippen molar-refractivity contribution < 1.29 is 47.4 Å². The van der Waals surface area contributed by atoms with Crippen molar-refractivity contribution in [3.05, 3.63) is 79.9 Å². The number of carbonyl (C=O) groups excluding carboxylic acids is 2. The van der Waals surface area contributed by atoms with Gasteiger partial charge in [0.15, 0.2) is 33.3 Å². The first-order valence-corrected chi connectivity index (χ1v) is 36.2. The van der Waals surface area contributed by atoms with Crippen molar-refractivity contribution >= 4 is 56.5 Å². The molecule has 0 aromatic heterocycles. The lowest BCUT2D eigenvalue weighted by Gasteiger charge is -2.43. The Kier molecular flexibility index (Phi) is 24.2. The monoisotopic (exact) mass is 1050 g/mol. The van der Waals surface area contributed by atoms with Crippen molar-refractivity contribution in [1.29, 1.82) is 0 Å². The molecule has 0 saturated carbocycles. The number of benzene rings is 2. The number of nitro groups is 2. The fourth-order valence-electron chi connectivity index (χ4n) is 5.80. The summed E-state index contributed by atoms with van der Waals surface area (Å²) in [4.78, 5) is 47.1. The van der Waals surface area contributed by atoms with Gasteiger partial charge in [-0.3, -0.25) is 29.8 Å². The molecule has 0 saturated heterocycles. The summed E-state index contributed by atoms with van der Waals surface area (Å²) in [5.41, 5.74) is 1.51. The number of nitro benzene ring substituents is 2. The molecule has 0 unspecified atom stereocenters. The highest BCUT2D eigenvalue weighted by Gasteiger charge is 2.45. The van der Waals surface area contributed by atoms with Gasteiger partial charge in [0.05, 0.1) is 47.4 Å². The average Bonchev–Trinajstić information content (AvgIpc) is 3.22. The van der Waals surface area contributed by atoms with Gasteiger partial charge in [0.25, 0.3) is 11.4 Å². The Bertz CT molecular complexity index is 1830. The SMILES string of the molecule is CC(C)(C)[Si](C)(C)OC[C@H](NC(=O)CCCO)[C@@H](O[Si](C)(C)C(C)(C)C)c1ccc([N+](=O)[O-])cc1.CC(C)(C)[Si](C)(C)OC[C@H](NC(=O)CCCO)[C@@H](O[Si](C)(C)C(C)(C)C)c1ccc([N+](=O)[O-])cc1. The molecular formula is C50H92N4O12Si4. The lowest BCUT2D eigenvalue weighted by atomic mass is 10.0. The number of amides is 2. The number of hydrogen-bond donors (Lipinski definition) is 4. The fraction of sp³-hybridized carbons (Fsp3) is 0.720. The van der Waals surface area contributed by atoms with Crippen molar-refractivity contribution in [2.24, 2.45) is 0 Å². The molecule has 0 bridgehead atoms. The van der Waals surface area contributed by atoms with Gasteiger partial charge in [0.2, 0.25) is 11.8 Å². The van der Waals surface area contributed by atoms with E-state index in [0.717, 1.165) is 11.1 Å². The van der Waals surface area contributed by atoms with Crippen molar-refractivity contribution in [1.82, 2.24) is 10.6 Å². The van der Waals surface area contributed by atoms with Gasteiger partial charge in [-0.15, -0.1) is 0 Å². The van der Waals surface area contributed by atoms with Gasteiger partial charge in [-0.25, -0.2) is 0 Å². The third kappa shape index (κ3) is 20.0. The minimum atomic E-state index is -2.31. The van der Waals surface area contributed by atoms with Gasteiger partial charge >= 0.3 is 0 Å². The topological polar surface area (TPSA) is 222 Å². The molecule has 400 valence electrons. The zero-order valence-electron chi connectivity index (χ0n) is 46.5. The Labute approximate surface area is 424 Å². The summed E-state index contributed by atoms with van der Waals surface area (Å²) in [6.45, 7) is 43.4. The molecule has 2 aromatic carbocycles. The minimum absolute atomic E-state index is 0.000816. The Morgan fingerprint density at radius 1 is 0.514 bits per heavy atom. The average molecular weight is 1050 g/mol. The highest BCUT2D eigenvalue weighted by molar-refractivity contribution is 6.75. The van der Waals surface area contributed by atoms with Crippen LogP contribution in [0.4, 0.5) is 11.4 Å². The fourth-order valence-corrected chi connectivity index (χ4v) is 10.4. The van der Waals surface area contributed by atoms with Crippen LogP contribution in [0.25, 0.3) is 0 Å². The van der Waals surface area contributed by atoms with Crippen molar-refractivity contribution in [2.75, 3.05) is 26.4 Å². The second-order valence-electron chi connectivity index (χ2n) is 24.4. The Balaban J connectivity index is 0.000000700. The Morgan fingerprint density at radius 3 is 0.986 bits per heavy atom. The lowest BCUT2D eigenvalue weighted by Crippen LogP contribution is -2.52. The lowest BCUT2D eigenvalue weighted by molar-refractivity contribution is -0.385. The van der Waals surface area contributed by atoms with Crippen LogP contribution >= 0.6 is 0 Å². The Hall–Kier alpha value is -3.19. The van der Waals surface area contributed by atoms with E-state index in [1.165, 1.54) is 24.3 Å². The van der Waals surface area contributed by atoms with Gasteiger partial charge in [0.1, 0.15) is 0 Å². The molecule has 0 aliphatic rings. The van der Waals surface area contributed by atoms with Gasteiger partial charge in [-0.2, -0.15) is 0 Å². The Morgan fingerprint density at radius 2 is 0.771 bits per heavy atom. The number of hydrogen-bond acceptors (Lipinski definition) is 12. The smallest absolute Gasteiger partial charge is 0.269 e. The number of nitrogens with one attached hydrogen (secondary N) is 2. The maximum absolute atomic E-state index is 12.8. The van der Waals surface area contributed by atoms with E-state index in [0.29, 0.717) is 12.8 Å². The van der Waals surface area contributed by atoms with Crippen LogP contribution in [0.3, 0.4) is 0 Å². The zero-order chi connectivity index (χ0) is 54.5. The number of non-ortho nitro benzene ring substituents is 2. The first-order chi connectivity index (χ1) is 31.6. The minimum Gasteiger partial charge on any atom is -0.415 e.